The van der Waals surface area contributed by atoms with Gasteiger partial charge in [-0.25, -0.2) is 17.2 Å². The first-order chi connectivity index (χ1) is 13.3. The molecule has 28 heavy (non-hydrogen) atoms. The molecule has 0 fully saturated rings. The van der Waals surface area contributed by atoms with Crippen LogP contribution in [-0.4, -0.2) is 14.3 Å². The lowest BCUT2D eigenvalue weighted by Crippen LogP contribution is -2.18. The second-order valence-electron chi connectivity index (χ2n) is 5.69. The maximum Gasteiger partial charge on any atom is 0.264 e. The molecule has 2 N–H and O–H groups in total. The molecule has 0 spiro atoms. The summed E-state index contributed by atoms with van der Waals surface area (Å²) in [6.07, 6.45) is 0. The summed E-state index contributed by atoms with van der Waals surface area (Å²) in [6.45, 7) is 0. The van der Waals surface area contributed by atoms with E-state index in [4.69, 9.17) is 11.6 Å². The average Bonchev–Trinajstić information content (AvgIpc) is 2.64. The molecule has 0 unspecified atom stereocenters. The zero-order valence-electron chi connectivity index (χ0n) is 14.1. The zero-order chi connectivity index (χ0) is 20.3. The Morgan fingerprint density at radius 3 is 2.36 bits per heavy atom. The van der Waals surface area contributed by atoms with E-state index in [1.165, 1.54) is 48.5 Å². The number of hydrogen-bond donors (Lipinski definition) is 2. The number of rotatable bonds is 5. The molecule has 1 amide bonds. The van der Waals surface area contributed by atoms with E-state index >= 15 is 0 Å². The van der Waals surface area contributed by atoms with Crippen LogP contribution in [0, 0.1) is 11.6 Å². The Bertz CT molecular complexity index is 1150. The number of hydrogen-bond acceptors (Lipinski definition) is 3. The molecule has 5 nitrogen and oxygen atoms in total. The van der Waals surface area contributed by atoms with Crippen molar-refractivity contribution in [1.29, 1.82) is 0 Å². The van der Waals surface area contributed by atoms with Gasteiger partial charge in [-0.05, 0) is 48.5 Å². The summed E-state index contributed by atoms with van der Waals surface area (Å²) in [7, 11) is -4.27. The van der Waals surface area contributed by atoms with E-state index in [9.17, 15) is 22.0 Å². The maximum absolute atomic E-state index is 13.9. The van der Waals surface area contributed by atoms with Crippen LogP contribution in [0.1, 0.15) is 10.4 Å². The zero-order valence-corrected chi connectivity index (χ0v) is 15.7. The highest BCUT2D eigenvalue weighted by molar-refractivity contribution is 7.92. The summed E-state index contributed by atoms with van der Waals surface area (Å²) in [4.78, 5) is 11.8. The van der Waals surface area contributed by atoms with Gasteiger partial charge in [0.2, 0.25) is 0 Å². The van der Waals surface area contributed by atoms with E-state index in [2.05, 4.69) is 10.0 Å². The van der Waals surface area contributed by atoms with Gasteiger partial charge in [0, 0.05) is 10.6 Å². The Hall–Kier alpha value is -2.97. The Labute approximate surface area is 165 Å². The molecule has 3 aromatic carbocycles. The van der Waals surface area contributed by atoms with E-state index in [-0.39, 0.29) is 22.0 Å². The van der Waals surface area contributed by atoms with Crippen molar-refractivity contribution < 1.29 is 22.0 Å². The standard InChI is InChI=1S/C19H13ClF2N2O3S/c20-13-8-9-16(24-28(26,27)18-7-2-1-6-15(18)22)17(11-13)23-19(25)12-4-3-5-14(21)10-12/h1-11,24H,(H,23,25). The number of benzene rings is 3. The molecule has 0 bridgehead atoms. The van der Waals surface area contributed by atoms with E-state index in [0.29, 0.717) is 0 Å². The van der Waals surface area contributed by atoms with Crippen LogP contribution < -0.4 is 10.0 Å². The highest BCUT2D eigenvalue weighted by atomic mass is 35.5. The topological polar surface area (TPSA) is 75.3 Å². The van der Waals surface area contributed by atoms with Gasteiger partial charge in [0.1, 0.15) is 16.5 Å². The van der Waals surface area contributed by atoms with Crippen molar-refractivity contribution in [3.8, 4) is 0 Å². The first-order valence-electron chi connectivity index (χ1n) is 7.90. The van der Waals surface area contributed by atoms with E-state index < -0.39 is 32.5 Å². The van der Waals surface area contributed by atoms with E-state index in [1.54, 1.807) is 0 Å². The average molecular weight is 423 g/mol. The predicted octanol–water partition coefficient (Wildman–Crippen LogP) is 4.67. The molecular weight excluding hydrogens is 410 g/mol. The highest BCUT2D eigenvalue weighted by Crippen LogP contribution is 2.29. The van der Waals surface area contributed by atoms with Crippen LogP contribution in [0.2, 0.25) is 5.02 Å². The predicted molar refractivity (Wildman–Crippen MR) is 103 cm³/mol. The van der Waals surface area contributed by atoms with Crippen molar-refractivity contribution in [2.24, 2.45) is 0 Å². The van der Waals surface area contributed by atoms with Gasteiger partial charge in [0.25, 0.3) is 15.9 Å². The van der Waals surface area contributed by atoms with Gasteiger partial charge < -0.3 is 5.32 Å². The molecule has 0 aliphatic heterocycles. The molecule has 0 heterocycles. The SMILES string of the molecule is O=C(Nc1cc(Cl)ccc1NS(=O)(=O)c1ccccc1F)c1cccc(F)c1. The Kier molecular flexibility index (Phi) is 5.62. The minimum atomic E-state index is -4.27. The van der Waals surface area contributed by atoms with Crippen molar-refractivity contribution in [3.63, 3.8) is 0 Å². The third kappa shape index (κ3) is 4.47. The van der Waals surface area contributed by atoms with Gasteiger partial charge in [0.05, 0.1) is 11.4 Å². The number of carbonyl (C=O) groups excluding carboxylic acids is 1. The highest BCUT2D eigenvalue weighted by Gasteiger charge is 2.21. The van der Waals surface area contributed by atoms with Crippen LogP contribution in [-0.2, 0) is 10.0 Å². The fraction of sp³-hybridized carbons (Fsp3) is 0. The minimum Gasteiger partial charge on any atom is -0.320 e. The van der Waals surface area contributed by atoms with Crippen molar-refractivity contribution >= 4 is 38.9 Å². The fourth-order valence-corrected chi connectivity index (χ4v) is 3.73. The number of anilines is 2. The molecule has 144 valence electrons. The molecule has 0 aliphatic carbocycles. The summed E-state index contributed by atoms with van der Waals surface area (Å²) < 4.78 is 54.5. The Morgan fingerprint density at radius 1 is 0.893 bits per heavy atom. The van der Waals surface area contributed by atoms with E-state index in [0.717, 1.165) is 18.2 Å². The van der Waals surface area contributed by atoms with Crippen LogP contribution in [0.3, 0.4) is 0 Å². The first kappa shape index (κ1) is 19.8. The fourth-order valence-electron chi connectivity index (χ4n) is 2.40. The molecule has 3 aromatic rings. The summed E-state index contributed by atoms with van der Waals surface area (Å²) in [5, 5.41) is 2.70. The molecule has 0 saturated heterocycles. The number of nitrogens with one attached hydrogen (secondary N) is 2. The van der Waals surface area contributed by atoms with Gasteiger partial charge in [-0.2, -0.15) is 0 Å². The van der Waals surface area contributed by atoms with Crippen molar-refractivity contribution in [2.75, 3.05) is 10.0 Å². The van der Waals surface area contributed by atoms with Gasteiger partial charge in [0.15, 0.2) is 0 Å². The third-order valence-corrected chi connectivity index (χ3v) is 5.32. The largest absolute Gasteiger partial charge is 0.320 e. The summed E-state index contributed by atoms with van der Waals surface area (Å²) in [6, 6.07) is 13.9. The van der Waals surface area contributed by atoms with Gasteiger partial charge >= 0.3 is 0 Å². The summed E-state index contributed by atoms with van der Waals surface area (Å²) in [5.74, 6) is -2.19. The van der Waals surface area contributed by atoms with Gasteiger partial charge in [-0.1, -0.05) is 29.8 Å². The Morgan fingerprint density at radius 2 is 1.64 bits per heavy atom. The molecular formula is C19H13ClF2N2O3S. The molecule has 9 heteroatoms. The van der Waals surface area contributed by atoms with Crippen molar-refractivity contribution in [3.05, 3.63) is 89.0 Å². The smallest absolute Gasteiger partial charge is 0.264 e. The quantitative estimate of drug-likeness (QED) is 0.627. The first-order valence-corrected chi connectivity index (χ1v) is 9.76. The van der Waals surface area contributed by atoms with Gasteiger partial charge in [-0.15, -0.1) is 0 Å². The van der Waals surface area contributed by atoms with Gasteiger partial charge in [-0.3, -0.25) is 9.52 Å². The summed E-state index contributed by atoms with van der Waals surface area (Å²) in [5.41, 5.74) is 0.0296. The van der Waals surface area contributed by atoms with Crippen LogP contribution in [0.4, 0.5) is 20.2 Å². The summed E-state index contributed by atoms with van der Waals surface area (Å²) >= 11 is 5.94. The Balaban J connectivity index is 1.93. The van der Waals surface area contributed by atoms with Crippen molar-refractivity contribution in [2.45, 2.75) is 4.90 Å². The third-order valence-electron chi connectivity index (χ3n) is 3.69. The monoisotopic (exact) mass is 422 g/mol. The number of amides is 1. The molecule has 0 atom stereocenters. The number of carbonyl (C=O) groups is 1. The molecule has 0 aromatic heterocycles. The lowest BCUT2D eigenvalue weighted by Gasteiger charge is -2.14. The molecule has 3 rings (SSSR count). The number of halogens is 3. The van der Waals surface area contributed by atoms with E-state index in [1.807, 2.05) is 0 Å². The van der Waals surface area contributed by atoms with Crippen LogP contribution in [0.25, 0.3) is 0 Å². The normalized spacial score (nSPS) is 11.1. The minimum absolute atomic E-state index is 0.0293. The molecule has 0 aliphatic rings. The van der Waals surface area contributed by atoms with Crippen LogP contribution >= 0.6 is 11.6 Å². The maximum atomic E-state index is 13.9. The molecule has 0 saturated carbocycles. The molecule has 0 radical (unpaired) electrons. The second kappa shape index (κ2) is 7.95. The lowest BCUT2D eigenvalue weighted by molar-refractivity contribution is 0.102. The van der Waals surface area contributed by atoms with Crippen LogP contribution in [0.15, 0.2) is 71.6 Å². The number of sulfonamides is 1. The second-order valence-corrected chi connectivity index (χ2v) is 7.78. The van der Waals surface area contributed by atoms with Crippen LogP contribution in [0.5, 0.6) is 0 Å². The lowest BCUT2D eigenvalue weighted by atomic mass is 10.2. The van der Waals surface area contributed by atoms with Crippen molar-refractivity contribution in [1.82, 2.24) is 0 Å².